The minimum atomic E-state index is 0.635. The normalized spacial score (nSPS) is 30.2. The van der Waals surface area contributed by atoms with E-state index in [2.05, 4.69) is 36.1 Å². The van der Waals surface area contributed by atoms with Crippen molar-refractivity contribution in [3.63, 3.8) is 0 Å². The van der Waals surface area contributed by atoms with Gasteiger partial charge in [-0.15, -0.1) is 0 Å². The molecule has 1 aliphatic heterocycles. The fourth-order valence-electron chi connectivity index (χ4n) is 3.12. The Balaban J connectivity index is 1.84. The largest absolute Gasteiger partial charge is 0.360 e. The Morgan fingerprint density at radius 3 is 2.41 bits per heavy atom. The van der Waals surface area contributed by atoms with Gasteiger partial charge in [-0.25, -0.2) is 0 Å². The third-order valence-corrected chi connectivity index (χ3v) is 4.58. The van der Waals surface area contributed by atoms with Crippen molar-refractivity contribution in [3.05, 3.63) is 0 Å². The lowest BCUT2D eigenvalue weighted by atomic mass is 10.1. The van der Waals surface area contributed by atoms with Gasteiger partial charge in [0.25, 0.3) is 0 Å². The smallest absolute Gasteiger partial charge is 0.169 e. The van der Waals surface area contributed by atoms with Crippen LogP contribution in [0.2, 0.25) is 0 Å². The molecule has 1 aliphatic carbocycles. The molecule has 2 atom stereocenters. The maximum absolute atomic E-state index is 5.54. The highest BCUT2D eigenvalue weighted by atomic mass is 32.1. The van der Waals surface area contributed by atoms with E-state index in [-0.39, 0.29) is 0 Å². The second-order valence-corrected chi connectivity index (χ2v) is 6.23. The molecule has 2 fully saturated rings. The Kier molecular flexibility index (Phi) is 4.26. The molecule has 0 aromatic carbocycles. The zero-order chi connectivity index (χ0) is 12.4. The van der Waals surface area contributed by atoms with Crippen LogP contribution in [0.15, 0.2) is 0 Å². The van der Waals surface area contributed by atoms with Crippen LogP contribution < -0.4 is 5.32 Å². The van der Waals surface area contributed by atoms with E-state index < -0.39 is 0 Å². The Morgan fingerprint density at radius 1 is 1.24 bits per heavy atom. The van der Waals surface area contributed by atoms with Crippen molar-refractivity contribution in [2.45, 2.75) is 44.7 Å². The monoisotopic (exact) mass is 255 g/mol. The molecule has 4 heteroatoms. The van der Waals surface area contributed by atoms with Gasteiger partial charge in [-0.1, -0.05) is 19.8 Å². The van der Waals surface area contributed by atoms with E-state index in [0.29, 0.717) is 18.0 Å². The van der Waals surface area contributed by atoms with Gasteiger partial charge in [-0.3, -0.25) is 0 Å². The van der Waals surface area contributed by atoms with Crippen LogP contribution >= 0.6 is 12.2 Å². The van der Waals surface area contributed by atoms with E-state index >= 15 is 0 Å². The van der Waals surface area contributed by atoms with Gasteiger partial charge in [-0.2, -0.15) is 0 Å². The van der Waals surface area contributed by atoms with Gasteiger partial charge in [-0.05, 0) is 45.1 Å². The predicted octanol–water partition coefficient (Wildman–Crippen LogP) is 1.69. The van der Waals surface area contributed by atoms with E-state index in [4.69, 9.17) is 12.2 Å². The summed E-state index contributed by atoms with van der Waals surface area (Å²) in [6.45, 7) is 4.50. The van der Waals surface area contributed by atoms with Gasteiger partial charge < -0.3 is 15.1 Å². The SMILES string of the molecule is CC1CN(C(=S)NC2CCCC2)CC1N(C)C. The molecular formula is C13H25N3S. The van der Waals surface area contributed by atoms with Gasteiger partial charge in [0.2, 0.25) is 0 Å². The average Bonchev–Trinajstić information content (AvgIpc) is 2.86. The molecule has 2 aliphatic rings. The van der Waals surface area contributed by atoms with Gasteiger partial charge in [0.05, 0.1) is 0 Å². The maximum Gasteiger partial charge on any atom is 0.169 e. The fraction of sp³-hybridized carbons (Fsp3) is 0.923. The summed E-state index contributed by atoms with van der Waals surface area (Å²) in [6, 6.07) is 1.27. The standard InChI is InChI=1S/C13H25N3S/c1-10-8-16(9-12(10)15(2)3)13(17)14-11-6-4-5-7-11/h10-12H,4-9H2,1-3H3,(H,14,17). The number of nitrogens with one attached hydrogen (secondary N) is 1. The highest BCUT2D eigenvalue weighted by Gasteiger charge is 2.32. The van der Waals surface area contributed by atoms with Gasteiger partial charge in [0, 0.05) is 25.2 Å². The summed E-state index contributed by atoms with van der Waals surface area (Å²) < 4.78 is 0. The lowest BCUT2D eigenvalue weighted by Gasteiger charge is -2.25. The molecule has 3 nitrogen and oxygen atoms in total. The highest BCUT2D eigenvalue weighted by molar-refractivity contribution is 7.80. The molecular weight excluding hydrogens is 230 g/mol. The van der Waals surface area contributed by atoms with Gasteiger partial charge >= 0.3 is 0 Å². The number of rotatable bonds is 2. The molecule has 0 aromatic heterocycles. The lowest BCUT2D eigenvalue weighted by Crippen LogP contribution is -2.43. The van der Waals surface area contributed by atoms with E-state index in [1.165, 1.54) is 25.7 Å². The Bertz CT molecular complexity index is 274. The molecule has 1 N–H and O–H groups in total. The zero-order valence-electron chi connectivity index (χ0n) is 11.3. The molecule has 2 rings (SSSR count). The van der Waals surface area contributed by atoms with Gasteiger partial charge in [0.1, 0.15) is 0 Å². The summed E-state index contributed by atoms with van der Waals surface area (Å²) >= 11 is 5.54. The Hall–Kier alpha value is -0.350. The summed E-state index contributed by atoms with van der Waals surface area (Å²) in [5.41, 5.74) is 0. The van der Waals surface area contributed by atoms with Crippen molar-refractivity contribution in [3.8, 4) is 0 Å². The topological polar surface area (TPSA) is 18.5 Å². The molecule has 17 heavy (non-hydrogen) atoms. The first kappa shape index (κ1) is 13.1. The summed E-state index contributed by atoms with van der Waals surface area (Å²) in [5.74, 6) is 0.702. The molecule has 0 amide bonds. The summed E-state index contributed by atoms with van der Waals surface area (Å²) in [6.07, 6.45) is 5.30. The number of likely N-dealkylation sites (N-methyl/N-ethyl adjacent to an activating group) is 1. The minimum Gasteiger partial charge on any atom is -0.360 e. The first-order chi connectivity index (χ1) is 8.08. The fourth-order valence-corrected chi connectivity index (χ4v) is 3.44. The van der Waals surface area contributed by atoms with Crippen LogP contribution in [-0.4, -0.2) is 54.2 Å². The van der Waals surface area contributed by atoms with Crippen LogP contribution in [0.4, 0.5) is 0 Å². The third kappa shape index (κ3) is 3.10. The number of likely N-dealkylation sites (tertiary alicyclic amines) is 1. The van der Waals surface area contributed by atoms with E-state index in [1.807, 2.05) is 0 Å². The van der Waals surface area contributed by atoms with Gasteiger partial charge in [0.15, 0.2) is 5.11 Å². The van der Waals surface area contributed by atoms with Crippen LogP contribution in [0, 0.1) is 5.92 Å². The van der Waals surface area contributed by atoms with E-state index in [1.54, 1.807) is 0 Å². The summed E-state index contributed by atoms with van der Waals surface area (Å²) in [4.78, 5) is 4.67. The van der Waals surface area contributed by atoms with Crippen molar-refractivity contribution in [2.75, 3.05) is 27.2 Å². The maximum atomic E-state index is 5.54. The number of hydrogen-bond acceptors (Lipinski definition) is 2. The first-order valence-electron chi connectivity index (χ1n) is 6.80. The molecule has 1 heterocycles. The molecule has 0 radical (unpaired) electrons. The second kappa shape index (κ2) is 5.53. The van der Waals surface area contributed by atoms with Crippen LogP contribution in [0.1, 0.15) is 32.6 Å². The summed E-state index contributed by atoms with van der Waals surface area (Å²) in [7, 11) is 4.33. The molecule has 98 valence electrons. The molecule has 1 saturated heterocycles. The molecule has 2 unspecified atom stereocenters. The van der Waals surface area contributed by atoms with Crippen molar-refractivity contribution in [1.82, 2.24) is 15.1 Å². The van der Waals surface area contributed by atoms with Crippen molar-refractivity contribution < 1.29 is 0 Å². The van der Waals surface area contributed by atoms with Crippen LogP contribution in [0.25, 0.3) is 0 Å². The first-order valence-corrected chi connectivity index (χ1v) is 7.20. The van der Waals surface area contributed by atoms with Crippen molar-refractivity contribution >= 4 is 17.3 Å². The Labute approximate surface area is 111 Å². The number of hydrogen-bond donors (Lipinski definition) is 1. The molecule has 0 aromatic rings. The van der Waals surface area contributed by atoms with Crippen LogP contribution in [0.3, 0.4) is 0 Å². The van der Waals surface area contributed by atoms with Crippen molar-refractivity contribution in [1.29, 1.82) is 0 Å². The van der Waals surface area contributed by atoms with E-state index in [0.717, 1.165) is 18.2 Å². The lowest BCUT2D eigenvalue weighted by molar-refractivity contribution is 0.262. The van der Waals surface area contributed by atoms with Crippen LogP contribution in [-0.2, 0) is 0 Å². The molecule has 1 saturated carbocycles. The quantitative estimate of drug-likeness (QED) is 0.757. The predicted molar refractivity (Wildman–Crippen MR) is 76.2 cm³/mol. The average molecular weight is 255 g/mol. The Morgan fingerprint density at radius 2 is 1.88 bits per heavy atom. The summed E-state index contributed by atoms with van der Waals surface area (Å²) in [5, 5.41) is 4.52. The van der Waals surface area contributed by atoms with E-state index in [9.17, 15) is 0 Å². The molecule has 0 bridgehead atoms. The minimum absolute atomic E-state index is 0.635. The number of thiocarbonyl (C=S) groups is 1. The van der Waals surface area contributed by atoms with Crippen LogP contribution in [0.5, 0.6) is 0 Å². The third-order valence-electron chi connectivity index (χ3n) is 4.21. The number of nitrogens with zero attached hydrogens (tertiary/aromatic N) is 2. The van der Waals surface area contributed by atoms with Crippen molar-refractivity contribution in [2.24, 2.45) is 5.92 Å². The zero-order valence-corrected chi connectivity index (χ0v) is 12.1. The second-order valence-electron chi connectivity index (χ2n) is 5.84. The highest BCUT2D eigenvalue weighted by Crippen LogP contribution is 2.22. The molecule has 0 spiro atoms.